The van der Waals surface area contributed by atoms with Crippen LogP contribution in [0.3, 0.4) is 0 Å². The zero-order valence-corrected chi connectivity index (χ0v) is 29.6. The Labute approximate surface area is 293 Å². The molecule has 1 atom stereocenters. The SMILES string of the molecule is Cc1cc(OCCCc2c3n(c4c(-c5c(C)nn(C)c5C)c(Cl)ccc24)C(C)CN(c2cn4cccc(C(=O)O)c4n2)C3=O)cc(C)c1Cl. The Kier molecular flexibility index (Phi) is 8.19. The lowest BCUT2D eigenvalue weighted by molar-refractivity contribution is 0.0698. The number of hydrogen-bond acceptors (Lipinski definition) is 5. The molecule has 7 rings (SSSR count). The fraction of sp³-hybridized carbons (Fsp3) is 0.297. The van der Waals surface area contributed by atoms with Crippen molar-refractivity contribution in [1.82, 2.24) is 23.7 Å². The smallest absolute Gasteiger partial charge is 0.339 e. The number of rotatable bonds is 8. The zero-order valence-electron chi connectivity index (χ0n) is 28.1. The number of halogens is 2. The van der Waals surface area contributed by atoms with Crippen molar-refractivity contribution in [2.45, 2.75) is 53.5 Å². The van der Waals surface area contributed by atoms with Crippen LogP contribution in [0.1, 0.15) is 68.3 Å². The predicted octanol–water partition coefficient (Wildman–Crippen LogP) is 8.16. The largest absolute Gasteiger partial charge is 0.494 e. The van der Waals surface area contributed by atoms with Gasteiger partial charge < -0.3 is 18.8 Å². The fourth-order valence-electron chi connectivity index (χ4n) is 7.22. The summed E-state index contributed by atoms with van der Waals surface area (Å²) < 4.78 is 11.8. The van der Waals surface area contributed by atoms with Gasteiger partial charge in [0.1, 0.15) is 17.0 Å². The third-order valence-electron chi connectivity index (χ3n) is 9.54. The Morgan fingerprint density at radius 2 is 1.82 bits per heavy atom. The van der Waals surface area contributed by atoms with Gasteiger partial charge in [-0.2, -0.15) is 5.10 Å². The van der Waals surface area contributed by atoms with Gasteiger partial charge in [-0.15, -0.1) is 0 Å². The Balaban J connectivity index is 1.36. The molecule has 4 aromatic heterocycles. The number of aromatic nitrogens is 5. The summed E-state index contributed by atoms with van der Waals surface area (Å²) in [6, 6.07) is 10.8. The molecule has 2 aromatic carbocycles. The van der Waals surface area contributed by atoms with Crippen molar-refractivity contribution < 1.29 is 19.4 Å². The average molecular weight is 700 g/mol. The van der Waals surface area contributed by atoms with Crippen molar-refractivity contribution in [3.05, 3.63) is 98.2 Å². The number of carbonyl (C=O) groups excluding carboxylic acids is 1. The molecular formula is C37H36Cl2N6O4. The molecule has 1 aliphatic rings. The van der Waals surface area contributed by atoms with Crippen molar-refractivity contribution in [2.24, 2.45) is 7.05 Å². The Hall–Kier alpha value is -4.80. The van der Waals surface area contributed by atoms with E-state index in [-0.39, 0.29) is 23.2 Å². The lowest BCUT2D eigenvalue weighted by Crippen LogP contribution is -2.43. The van der Waals surface area contributed by atoms with E-state index in [1.807, 2.05) is 63.7 Å². The first kappa shape index (κ1) is 32.7. The highest BCUT2D eigenvalue weighted by molar-refractivity contribution is 6.35. The van der Waals surface area contributed by atoms with Crippen molar-refractivity contribution in [3.63, 3.8) is 0 Å². The van der Waals surface area contributed by atoms with Gasteiger partial charge in [-0.3, -0.25) is 14.4 Å². The highest BCUT2D eigenvalue weighted by Crippen LogP contribution is 2.45. The van der Waals surface area contributed by atoms with Crippen molar-refractivity contribution >= 4 is 57.4 Å². The third-order valence-corrected chi connectivity index (χ3v) is 10.5. The molecule has 5 heterocycles. The van der Waals surface area contributed by atoms with Crippen LogP contribution in [-0.2, 0) is 13.5 Å². The van der Waals surface area contributed by atoms with Crippen LogP contribution in [0, 0.1) is 27.7 Å². The Bertz CT molecular complexity index is 2310. The highest BCUT2D eigenvalue weighted by Gasteiger charge is 2.37. The van der Waals surface area contributed by atoms with E-state index < -0.39 is 5.97 Å². The van der Waals surface area contributed by atoms with E-state index in [1.165, 1.54) is 6.07 Å². The summed E-state index contributed by atoms with van der Waals surface area (Å²) in [6.45, 7) is 10.8. The molecule has 0 saturated carbocycles. The molecule has 49 heavy (non-hydrogen) atoms. The number of nitrogens with zero attached hydrogens (tertiary/aromatic N) is 6. The van der Waals surface area contributed by atoms with Gasteiger partial charge in [-0.05, 0) is 94.5 Å². The highest BCUT2D eigenvalue weighted by atomic mass is 35.5. The summed E-state index contributed by atoms with van der Waals surface area (Å²) in [6.07, 6.45) is 4.65. The first-order chi connectivity index (χ1) is 23.4. The minimum absolute atomic E-state index is 0.0635. The molecule has 1 unspecified atom stereocenters. The van der Waals surface area contributed by atoms with Gasteiger partial charge >= 0.3 is 5.97 Å². The lowest BCUT2D eigenvalue weighted by Gasteiger charge is -2.33. The maximum atomic E-state index is 14.7. The molecule has 12 heteroatoms. The number of hydrogen-bond donors (Lipinski definition) is 1. The van der Waals surface area contributed by atoms with Crippen LogP contribution < -0.4 is 9.64 Å². The number of aromatic carboxylic acids is 1. The van der Waals surface area contributed by atoms with Gasteiger partial charge in [0.15, 0.2) is 11.5 Å². The van der Waals surface area contributed by atoms with Crippen LogP contribution in [0.15, 0.2) is 48.8 Å². The molecule has 1 aliphatic heterocycles. The molecule has 1 N–H and O–H groups in total. The standard InChI is InChI=1S/C37H36Cl2N6O4/c1-19-15-24(16-20(2)32(19)39)49-14-8-10-25-26-11-12-28(38)31(30-22(4)41-42(6)23(30)5)33(26)45-21(3)17-44(36(46)34(25)45)29-18-43-13-7-9-27(37(47)48)35(43)40-29/h7,9,11-13,15-16,18,21H,8,10,14,17H2,1-6H3,(H,47,48). The molecule has 6 aromatic rings. The maximum absolute atomic E-state index is 14.7. The molecule has 0 bridgehead atoms. The van der Waals surface area contributed by atoms with Crippen molar-refractivity contribution in [3.8, 4) is 16.9 Å². The number of pyridine rings is 1. The van der Waals surface area contributed by atoms with Crippen LogP contribution in [0.2, 0.25) is 10.0 Å². The van der Waals surface area contributed by atoms with Gasteiger partial charge in [0.2, 0.25) is 0 Å². The lowest BCUT2D eigenvalue weighted by atomic mass is 9.98. The molecule has 1 amide bonds. The molecule has 0 fully saturated rings. The number of ether oxygens (including phenoxy) is 1. The van der Waals surface area contributed by atoms with Gasteiger partial charge in [-0.25, -0.2) is 9.78 Å². The Morgan fingerprint density at radius 1 is 1.08 bits per heavy atom. The number of imidazole rings is 1. The van der Waals surface area contributed by atoms with E-state index in [0.717, 1.165) is 60.9 Å². The second kappa shape index (κ2) is 12.3. The summed E-state index contributed by atoms with van der Waals surface area (Å²) in [7, 11) is 1.91. The maximum Gasteiger partial charge on any atom is 0.339 e. The van der Waals surface area contributed by atoms with E-state index in [9.17, 15) is 14.7 Å². The number of carbonyl (C=O) groups is 2. The van der Waals surface area contributed by atoms with Crippen LogP contribution in [-0.4, -0.2) is 53.9 Å². The van der Waals surface area contributed by atoms with E-state index in [0.29, 0.717) is 42.5 Å². The van der Waals surface area contributed by atoms with Gasteiger partial charge in [0.25, 0.3) is 5.91 Å². The normalized spacial score (nSPS) is 14.7. The average Bonchev–Trinajstić information content (AvgIpc) is 3.71. The second-order valence-electron chi connectivity index (χ2n) is 12.8. The number of benzene rings is 2. The van der Waals surface area contributed by atoms with E-state index in [4.69, 9.17) is 27.9 Å². The number of amides is 1. The number of carboxylic acid groups (broad SMARTS) is 1. The van der Waals surface area contributed by atoms with Crippen LogP contribution in [0.4, 0.5) is 5.82 Å². The number of carboxylic acids is 1. The van der Waals surface area contributed by atoms with Gasteiger partial charge in [0.05, 0.1) is 29.0 Å². The molecule has 252 valence electrons. The minimum atomic E-state index is -1.08. The number of fused-ring (bicyclic) bond motifs is 4. The minimum Gasteiger partial charge on any atom is -0.494 e. The molecule has 0 aliphatic carbocycles. The van der Waals surface area contributed by atoms with E-state index in [2.05, 4.69) is 21.6 Å². The molecule has 10 nitrogen and oxygen atoms in total. The summed E-state index contributed by atoms with van der Waals surface area (Å²) in [5.41, 5.74) is 8.23. The fourth-order valence-corrected chi connectivity index (χ4v) is 7.58. The summed E-state index contributed by atoms with van der Waals surface area (Å²) in [5, 5.41) is 16.7. The third kappa shape index (κ3) is 5.34. The second-order valence-corrected chi connectivity index (χ2v) is 13.6. The zero-order chi connectivity index (χ0) is 34.9. The first-order valence-electron chi connectivity index (χ1n) is 16.2. The molecule has 0 saturated heterocycles. The van der Waals surface area contributed by atoms with Crippen LogP contribution >= 0.6 is 23.2 Å². The summed E-state index contributed by atoms with van der Waals surface area (Å²) >= 11 is 13.4. The molecule has 0 radical (unpaired) electrons. The predicted molar refractivity (Wildman–Crippen MR) is 192 cm³/mol. The van der Waals surface area contributed by atoms with Gasteiger partial charge in [0, 0.05) is 53.1 Å². The van der Waals surface area contributed by atoms with Crippen LogP contribution in [0.5, 0.6) is 5.75 Å². The van der Waals surface area contributed by atoms with E-state index >= 15 is 0 Å². The molecule has 0 spiro atoms. The molecular weight excluding hydrogens is 663 g/mol. The number of aryl methyl sites for hydroxylation is 5. The Morgan fingerprint density at radius 3 is 2.49 bits per heavy atom. The summed E-state index contributed by atoms with van der Waals surface area (Å²) in [4.78, 5) is 33.0. The summed E-state index contributed by atoms with van der Waals surface area (Å²) in [5.74, 6) is -0.151. The topological polar surface area (TPSA) is 107 Å². The van der Waals surface area contributed by atoms with E-state index in [1.54, 1.807) is 27.8 Å². The number of anilines is 1. The van der Waals surface area contributed by atoms with Gasteiger partial charge in [-0.1, -0.05) is 29.3 Å². The van der Waals surface area contributed by atoms with Crippen molar-refractivity contribution in [1.29, 1.82) is 0 Å². The quantitative estimate of drug-likeness (QED) is 0.161. The first-order valence-corrected chi connectivity index (χ1v) is 16.9. The van der Waals surface area contributed by atoms with Crippen molar-refractivity contribution in [2.75, 3.05) is 18.1 Å². The monoisotopic (exact) mass is 698 g/mol. The van der Waals surface area contributed by atoms with Crippen LogP contribution in [0.25, 0.3) is 27.7 Å².